The lowest BCUT2D eigenvalue weighted by Gasteiger charge is -2.42. The third-order valence-corrected chi connectivity index (χ3v) is 12.1. The van der Waals surface area contributed by atoms with Crippen molar-refractivity contribution in [2.75, 3.05) is 11.6 Å². The Hall–Kier alpha value is -2.90. The molecule has 0 radical (unpaired) electrons. The number of nitrogens with zero attached hydrogens (tertiary/aromatic N) is 3. The van der Waals surface area contributed by atoms with E-state index in [9.17, 15) is 0 Å². The van der Waals surface area contributed by atoms with Crippen LogP contribution in [0.3, 0.4) is 0 Å². The molecule has 0 atom stereocenters. The van der Waals surface area contributed by atoms with Crippen molar-refractivity contribution < 1.29 is 0 Å². The number of rotatable bonds is 6. The molecule has 1 aromatic heterocycles. The molecule has 3 nitrogen and oxygen atoms in total. The van der Waals surface area contributed by atoms with Crippen molar-refractivity contribution in [3.63, 3.8) is 0 Å². The maximum Gasteiger partial charge on any atom is 0.253 e. The molecule has 0 aliphatic heterocycles. The first-order valence-corrected chi connectivity index (χ1v) is 15.8. The van der Waals surface area contributed by atoms with Gasteiger partial charge >= 0.3 is 0 Å². The van der Waals surface area contributed by atoms with Gasteiger partial charge in [-0.15, -0.1) is 0 Å². The lowest BCUT2D eigenvalue weighted by Crippen LogP contribution is -2.76. The molecule has 0 fully saturated rings. The largest absolute Gasteiger partial charge is 0.387 e. The average Bonchev–Trinajstić information content (AvgIpc) is 3.28. The molecule has 0 saturated heterocycles. The Bertz CT molecular complexity index is 991. The van der Waals surface area contributed by atoms with Crippen LogP contribution in [0.4, 0.5) is 5.69 Å². The summed E-state index contributed by atoms with van der Waals surface area (Å²) < 4.78 is 4.70. The van der Waals surface area contributed by atoms with Crippen molar-refractivity contribution in [2.24, 2.45) is 0 Å². The second-order valence-corrected chi connectivity index (χ2v) is 17.3. The first-order chi connectivity index (χ1) is 14.4. The number of hydrogen-bond acceptors (Lipinski definition) is 2. The second-order valence-electron chi connectivity index (χ2n) is 8.68. The third kappa shape index (κ3) is 3.55. The van der Waals surface area contributed by atoms with Crippen LogP contribution >= 0.6 is 0 Å². The van der Waals surface area contributed by atoms with Gasteiger partial charge in [0.2, 0.25) is 0 Å². The molecule has 4 aromatic rings. The summed E-state index contributed by atoms with van der Waals surface area (Å²) in [6, 6.07) is 32.9. The molecule has 0 spiro atoms. The monoisotopic (exact) mass is 427 g/mol. The summed E-state index contributed by atoms with van der Waals surface area (Å²) in [6.07, 6.45) is 4.28. The third-order valence-electron chi connectivity index (χ3n) is 5.72. The molecule has 0 bridgehead atoms. The van der Waals surface area contributed by atoms with Crippen LogP contribution in [0, 0.1) is 0 Å². The summed E-state index contributed by atoms with van der Waals surface area (Å²) in [4.78, 5) is 0. The van der Waals surface area contributed by atoms with Crippen LogP contribution in [0.5, 0.6) is 0 Å². The second kappa shape index (κ2) is 8.09. The summed E-state index contributed by atoms with van der Waals surface area (Å²) >= 11 is 0. The van der Waals surface area contributed by atoms with E-state index >= 15 is 0 Å². The van der Waals surface area contributed by atoms with Gasteiger partial charge in [0.1, 0.15) is 0 Å². The van der Waals surface area contributed by atoms with E-state index in [0.717, 1.165) is 0 Å². The molecule has 30 heavy (non-hydrogen) atoms. The minimum atomic E-state index is -2.52. The molecule has 0 unspecified atom stereocenters. The van der Waals surface area contributed by atoms with Gasteiger partial charge in [-0.25, -0.2) is 0 Å². The van der Waals surface area contributed by atoms with Gasteiger partial charge in [-0.3, -0.25) is 4.35 Å². The molecular formula is C25H29N3Si2. The fourth-order valence-electron chi connectivity index (χ4n) is 4.17. The van der Waals surface area contributed by atoms with Crippen LogP contribution in [0.2, 0.25) is 19.6 Å². The van der Waals surface area contributed by atoms with Crippen molar-refractivity contribution in [1.82, 2.24) is 9.45 Å². The van der Waals surface area contributed by atoms with Crippen LogP contribution in [0.1, 0.15) is 0 Å². The average molecular weight is 428 g/mol. The zero-order valence-corrected chi connectivity index (χ0v) is 20.2. The van der Waals surface area contributed by atoms with Crippen LogP contribution in [0.15, 0.2) is 103 Å². The van der Waals surface area contributed by atoms with Crippen molar-refractivity contribution in [2.45, 2.75) is 19.6 Å². The predicted octanol–water partition coefficient (Wildman–Crippen LogP) is 3.67. The first-order valence-electron chi connectivity index (χ1n) is 10.4. The predicted molar refractivity (Wildman–Crippen MR) is 133 cm³/mol. The molecule has 0 N–H and O–H groups in total. The summed E-state index contributed by atoms with van der Waals surface area (Å²) in [7, 11) is -1.84. The Balaban J connectivity index is 2.01. The normalized spacial score (nSPS) is 12.0. The van der Waals surface area contributed by atoms with E-state index in [1.165, 1.54) is 21.2 Å². The maximum absolute atomic E-state index is 4.76. The fraction of sp³-hybridized carbons (Fsp3) is 0.160. The highest BCUT2D eigenvalue weighted by molar-refractivity contribution is 7.13. The summed E-state index contributed by atoms with van der Waals surface area (Å²) in [5, 5.41) is 8.86. The van der Waals surface area contributed by atoms with Gasteiger partial charge in [0.25, 0.3) is 8.24 Å². The Morgan fingerprint density at radius 3 is 1.40 bits per heavy atom. The van der Waals surface area contributed by atoms with Crippen molar-refractivity contribution >= 4 is 37.7 Å². The van der Waals surface area contributed by atoms with E-state index in [-0.39, 0.29) is 0 Å². The number of hydrogen-bond donors (Lipinski definition) is 0. The van der Waals surface area contributed by atoms with Gasteiger partial charge in [0, 0.05) is 6.20 Å². The van der Waals surface area contributed by atoms with E-state index in [1.807, 2.05) is 6.20 Å². The standard InChI is InChI=1S/C25H29N3Si2/c1-27(22-20-26-28(21-22)29(2,3)4)30(23-14-8-5-9-15-23,24-16-10-6-11-17-24)25-18-12-7-13-19-25/h5-21H,1-4H3. The van der Waals surface area contributed by atoms with Crippen LogP contribution < -0.4 is 20.1 Å². The van der Waals surface area contributed by atoms with E-state index in [0.29, 0.717) is 0 Å². The fourth-order valence-corrected chi connectivity index (χ4v) is 9.78. The Morgan fingerprint density at radius 1 is 0.667 bits per heavy atom. The zero-order valence-electron chi connectivity index (χ0n) is 18.2. The van der Waals surface area contributed by atoms with Gasteiger partial charge in [-0.05, 0) is 42.2 Å². The summed E-state index contributed by atoms with van der Waals surface area (Å²) in [5.41, 5.74) is 1.17. The van der Waals surface area contributed by atoms with Crippen LogP contribution in [0.25, 0.3) is 0 Å². The molecule has 5 heteroatoms. The van der Waals surface area contributed by atoms with Crippen molar-refractivity contribution in [3.05, 3.63) is 103 Å². The molecule has 152 valence electrons. The lowest BCUT2D eigenvalue weighted by atomic mass is 10.3. The summed E-state index contributed by atoms with van der Waals surface area (Å²) in [6.45, 7) is 6.96. The summed E-state index contributed by atoms with van der Waals surface area (Å²) in [5.74, 6) is 0. The molecule has 4 rings (SSSR count). The van der Waals surface area contributed by atoms with E-state index in [1.54, 1.807) is 0 Å². The van der Waals surface area contributed by atoms with E-state index in [4.69, 9.17) is 5.10 Å². The highest BCUT2D eigenvalue weighted by Crippen LogP contribution is 2.21. The SMILES string of the molecule is CN(c1cnn([Si](C)(C)C)c1)[Si](c1ccccc1)(c1ccccc1)c1ccccc1. The minimum absolute atomic E-state index is 1.17. The van der Waals surface area contributed by atoms with Gasteiger partial charge < -0.3 is 4.57 Å². The van der Waals surface area contributed by atoms with E-state index in [2.05, 4.69) is 133 Å². The van der Waals surface area contributed by atoms with Gasteiger partial charge in [0.15, 0.2) is 8.24 Å². The first kappa shape index (κ1) is 20.4. The molecule has 1 heterocycles. The Morgan fingerprint density at radius 2 is 1.07 bits per heavy atom. The van der Waals surface area contributed by atoms with Crippen molar-refractivity contribution in [1.29, 1.82) is 0 Å². The highest BCUT2D eigenvalue weighted by atomic mass is 28.3. The molecule has 0 amide bonds. The topological polar surface area (TPSA) is 21.1 Å². The zero-order chi connectivity index (χ0) is 21.2. The van der Waals surface area contributed by atoms with Gasteiger partial charge in [0.05, 0.1) is 11.9 Å². The van der Waals surface area contributed by atoms with Gasteiger partial charge in [-0.1, -0.05) is 91.0 Å². The van der Waals surface area contributed by atoms with Gasteiger partial charge in [-0.2, -0.15) is 5.10 Å². The molecule has 0 aliphatic carbocycles. The molecule has 0 saturated carbocycles. The number of aromatic nitrogens is 2. The highest BCUT2D eigenvalue weighted by Gasteiger charge is 2.44. The molecule has 0 aliphatic rings. The Labute approximate surface area is 181 Å². The quantitative estimate of drug-likeness (QED) is 0.346. The Kier molecular flexibility index (Phi) is 5.49. The lowest BCUT2D eigenvalue weighted by molar-refractivity contribution is 0.934. The maximum atomic E-state index is 4.76. The van der Waals surface area contributed by atoms with Crippen molar-refractivity contribution in [3.8, 4) is 0 Å². The van der Waals surface area contributed by atoms with E-state index < -0.39 is 16.5 Å². The molecular weight excluding hydrogens is 398 g/mol. The smallest absolute Gasteiger partial charge is 0.253 e. The van der Waals surface area contributed by atoms with Crippen LogP contribution in [-0.2, 0) is 0 Å². The molecule has 3 aromatic carbocycles. The van der Waals surface area contributed by atoms with Crippen LogP contribution in [-0.4, -0.2) is 33.0 Å². The minimum Gasteiger partial charge on any atom is -0.387 e. The number of anilines is 1. The number of benzene rings is 3.